The summed E-state index contributed by atoms with van der Waals surface area (Å²) in [5.74, 6) is 0.534. The highest BCUT2D eigenvalue weighted by Gasteiger charge is 2.29. The molecule has 1 N–H and O–H groups in total. The summed E-state index contributed by atoms with van der Waals surface area (Å²) in [6.45, 7) is 2.47. The van der Waals surface area contributed by atoms with Crippen LogP contribution in [-0.4, -0.2) is 42.3 Å². The van der Waals surface area contributed by atoms with Gasteiger partial charge in [0.2, 0.25) is 5.91 Å². The number of carbonyl (C=O) groups is 2. The molecule has 1 unspecified atom stereocenters. The topological polar surface area (TPSA) is 49.4 Å². The van der Waals surface area contributed by atoms with E-state index in [-0.39, 0.29) is 17.6 Å². The quantitative estimate of drug-likeness (QED) is 0.868. The summed E-state index contributed by atoms with van der Waals surface area (Å²) < 4.78 is 0. The normalized spacial score (nSPS) is 22.7. The van der Waals surface area contributed by atoms with Crippen LogP contribution in [0.25, 0.3) is 0 Å². The van der Waals surface area contributed by atoms with Crippen LogP contribution in [0.2, 0.25) is 0 Å². The minimum absolute atomic E-state index is 0.0658. The number of Topliss-reactive ketones (excluding diaryl/α,β-unsaturated/α-hetero) is 1. The molecule has 4 heteroatoms. The summed E-state index contributed by atoms with van der Waals surface area (Å²) in [6, 6.07) is 9.85. The number of hydrogen-bond donors (Lipinski definition) is 1. The van der Waals surface area contributed by atoms with Gasteiger partial charge in [0.1, 0.15) is 0 Å². The maximum Gasteiger partial charge on any atom is 0.224 e. The number of rotatable bonds is 4. The van der Waals surface area contributed by atoms with Gasteiger partial charge in [0.15, 0.2) is 5.78 Å². The lowest BCUT2D eigenvalue weighted by molar-refractivity contribution is -0.132. The number of carbonyl (C=O) groups excluding carboxylic acids is 2. The fraction of sp³-hybridized carbons (Fsp3) is 0.556. The molecule has 3 rings (SSSR count). The van der Waals surface area contributed by atoms with Crippen LogP contribution in [0, 0.1) is 5.92 Å². The van der Waals surface area contributed by atoms with Gasteiger partial charge in [-0.1, -0.05) is 30.3 Å². The van der Waals surface area contributed by atoms with Crippen molar-refractivity contribution in [2.75, 3.05) is 19.6 Å². The van der Waals surface area contributed by atoms with Crippen molar-refractivity contribution >= 4 is 11.7 Å². The van der Waals surface area contributed by atoms with E-state index < -0.39 is 0 Å². The monoisotopic (exact) mass is 300 g/mol. The van der Waals surface area contributed by atoms with E-state index in [1.165, 1.54) is 6.42 Å². The zero-order valence-electron chi connectivity index (χ0n) is 13.0. The molecule has 118 valence electrons. The van der Waals surface area contributed by atoms with Crippen LogP contribution in [0.3, 0.4) is 0 Å². The van der Waals surface area contributed by atoms with E-state index in [4.69, 9.17) is 0 Å². The SMILES string of the molecule is O=C(c1ccccc1)C1CCN(C(=O)CC2CCCN2)CC1. The Morgan fingerprint density at radius 2 is 1.82 bits per heavy atom. The number of hydrogen-bond acceptors (Lipinski definition) is 3. The molecule has 2 saturated heterocycles. The van der Waals surface area contributed by atoms with E-state index >= 15 is 0 Å². The van der Waals surface area contributed by atoms with Gasteiger partial charge in [-0.2, -0.15) is 0 Å². The lowest BCUT2D eigenvalue weighted by Gasteiger charge is -2.32. The molecule has 1 aromatic carbocycles. The molecule has 2 aliphatic heterocycles. The smallest absolute Gasteiger partial charge is 0.224 e. The summed E-state index contributed by atoms with van der Waals surface area (Å²) >= 11 is 0. The molecule has 1 atom stereocenters. The standard InChI is InChI=1S/C18H24N2O2/c21-17(13-16-7-4-10-19-16)20-11-8-15(9-12-20)18(22)14-5-2-1-3-6-14/h1-3,5-6,15-16,19H,4,7-13H2. The number of nitrogens with one attached hydrogen (secondary N) is 1. The summed E-state index contributed by atoms with van der Waals surface area (Å²) in [4.78, 5) is 26.7. The molecular formula is C18H24N2O2. The van der Waals surface area contributed by atoms with Crippen molar-refractivity contribution in [2.24, 2.45) is 5.92 Å². The second-order valence-corrected chi connectivity index (χ2v) is 6.38. The van der Waals surface area contributed by atoms with Crippen LogP contribution in [0.1, 0.15) is 42.5 Å². The molecule has 0 aromatic heterocycles. The summed E-state index contributed by atoms with van der Waals surface area (Å²) in [5, 5.41) is 3.37. The van der Waals surface area contributed by atoms with Crippen molar-refractivity contribution in [1.29, 1.82) is 0 Å². The van der Waals surface area contributed by atoms with E-state index in [1.807, 2.05) is 35.2 Å². The lowest BCUT2D eigenvalue weighted by atomic mass is 9.88. The minimum Gasteiger partial charge on any atom is -0.343 e. The number of likely N-dealkylation sites (tertiary alicyclic amines) is 1. The van der Waals surface area contributed by atoms with Crippen molar-refractivity contribution in [3.05, 3.63) is 35.9 Å². The average molecular weight is 300 g/mol. The van der Waals surface area contributed by atoms with Gasteiger partial charge in [0.25, 0.3) is 0 Å². The van der Waals surface area contributed by atoms with Gasteiger partial charge < -0.3 is 10.2 Å². The summed E-state index contributed by atoms with van der Waals surface area (Å²) in [5.41, 5.74) is 0.794. The zero-order valence-corrected chi connectivity index (χ0v) is 13.0. The van der Waals surface area contributed by atoms with E-state index in [0.29, 0.717) is 12.5 Å². The largest absolute Gasteiger partial charge is 0.343 e. The Hall–Kier alpha value is -1.68. The van der Waals surface area contributed by atoms with E-state index in [9.17, 15) is 9.59 Å². The molecule has 2 aliphatic rings. The first-order valence-corrected chi connectivity index (χ1v) is 8.34. The second-order valence-electron chi connectivity index (χ2n) is 6.38. The van der Waals surface area contributed by atoms with Crippen molar-refractivity contribution in [2.45, 2.75) is 38.1 Å². The highest BCUT2D eigenvalue weighted by molar-refractivity contribution is 5.98. The molecule has 0 radical (unpaired) electrons. The number of piperidine rings is 1. The summed E-state index contributed by atoms with van der Waals surface area (Å²) in [6.07, 6.45) is 4.47. The zero-order chi connectivity index (χ0) is 15.4. The van der Waals surface area contributed by atoms with Crippen LogP contribution in [-0.2, 0) is 4.79 Å². The number of nitrogens with zero attached hydrogens (tertiary/aromatic N) is 1. The maximum absolute atomic E-state index is 12.4. The van der Waals surface area contributed by atoms with Crippen molar-refractivity contribution in [3.63, 3.8) is 0 Å². The van der Waals surface area contributed by atoms with Gasteiger partial charge in [-0.15, -0.1) is 0 Å². The average Bonchev–Trinajstić information content (AvgIpc) is 3.08. The molecule has 2 heterocycles. The van der Waals surface area contributed by atoms with Gasteiger partial charge in [-0.25, -0.2) is 0 Å². The first kappa shape index (κ1) is 15.2. The Morgan fingerprint density at radius 3 is 2.45 bits per heavy atom. The molecule has 2 fully saturated rings. The minimum atomic E-state index is 0.0658. The molecule has 0 bridgehead atoms. The van der Waals surface area contributed by atoms with Crippen LogP contribution in [0.4, 0.5) is 0 Å². The van der Waals surface area contributed by atoms with Crippen molar-refractivity contribution in [3.8, 4) is 0 Å². The molecule has 0 spiro atoms. The van der Waals surface area contributed by atoms with Crippen LogP contribution in [0.15, 0.2) is 30.3 Å². The van der Waals surface area contributed by atoms with E-state index in [2.05, 4.69) is 5.32 Å². The van der Waals surface area contributed by atoms with Gasteiger partial charge in [0.05, 0.1) is 0 Å². The Kier molecular flexibility index (Phi) is 4.88. The molecule has 0 saturated carbocycles. The predicted octanol–water partition coefficient (Wildman–Crippen LogP) is 2.25. The van der Waals surface area contributed by atoms with Gasteiger partial charge in [-0.05, 0) is 32.2 Å². The molecule has 1 aromatic rings. The third kappa shape index (κ3) is 3.55. The lowest BCUT2D eigenvalue weighted by Crippen LogP contribution is -2.42. The third-order valence-electron chi connectivity index (χ3n) is 4.86. The fourth-order valence-electron chi connectivity index (χ4n) is 3.50. The van der Waals surface area contributed by atoms with Gasteiger partial charge in [0, 0.05) is 37.0 Å². The van der Waals surface area contributed by atoms with E-state index in [1.54, 1.807) is 0 Å². The Balaban J connectivity index is 1.49. The van der Waals surface area contributed by atoms with Crippen LogP contribution >= 0.6 is 0 Å². The number of benzene rings is 1. The van der Waals surface area contributed by atoms with Crippen LogP contribution < -0.4 is 5.32 Å². The van der Waals surface area contributed by atoms with Gasteiger partial charge >= 0.3 is 0 Å². The van der Waals surface area contributed by atoms with Crippen LogP contribution in [0.5, 0.6) is 0 Å². The first-order valence-electron chi connectivity index (χ1n) is 8.34. The highest BCUT2D eigenvalue weighted by atomic mass is 16.2. The highest BCUT2D eigenvalue weighted by Crippen LogP contribution is 2.23. The molecule has 0 aliphatic carbocycles. The molecular weight excluding hydrogens is 276 g/mol. The number of amides is 1. The molecule has 22 heavy (non-hydrogen) atoms. The van der Waals surface area contributed by atoms with Crippen molar-refractivity contribution in [1.82, 2.24) is 10.2 Å². The Morgan fingerprint density at radius 1 is 1.09 bits per heavy atom. The fourth-order valence-corrected chi connectivity index (χ4v) is 3.50. The summed E-state index contributed by atoms with van der Waals surface area (Å²) in [7, 11) is 0. The maximum atomic E-state index is 12.4. The predicted molar refractivity (Wildman–Crippen MR) is 85.7 cm³/mol. The molecule has 4 nitrogen and oxygen atoms in total. The van der Waals surface area contributed by atoms with E-state index in [0.717, 1.165) is 44.5 Å². The molecule has 1 amide bonds. The second kappa shape index (κ2) is 7.05. The van der Waals surface area contributed by atoms with Gasteiger partial charge in [-0.3, -0.25) is 9.59 Å². The third-order valence-corrected chi connectivity index (χ3v) is 4.86. The Bertz CT molecular complexity index is 515. The first-order chi connectivity index (χ1) is 10.7. The Labute approximate surface area is 131 Å². The number of ketones is 1. The van der Waals surface area contributed by atoms with Crippen molar-refractivity contribution < 1.29 is 9.59 Å².